The summed E-state index contributed by atoms with van der Waals surface area (Å²) >= 11 is 0. The van der Waals surface area contributed by atoms with Crippen molar-refractivity contribution in [3.63, 3.8) is 0 Å². The van der Waals surface area contributed by atoms with Crippen LogP contribution in [0.1, 0.15) is 18.4 Å². The molecule has 1 saturated heterocycles. The lowest BCUT2D eigenvalue weighted by molar-refractivity contribution is -0.142. The zero-order valence-corrected chi connectivity index (χ0v) is 10.7. The van der Waals surface area contributed by atoms with Crippen LogP contribution in [0.25, 0.3) is 10.8 Å². The van der Waals surface area contributed by atoms with Crippen molar-refractivity contribution in [3.05, 3.63) is 48.0 Å². The van der Waals surface area contributed by atoms with E-state index in [2.05, 4.69) is 35.2 Å². The Balaban J connectivity index is 1.83. The topological polar surface area (TPSA) is 40.5 Å². The minimum Gasteiger partial charge on any atom is -0.480 e. The second kappa shape index (κ2) is 5.02. The van der Waals surface area contributed by atoms with E-state index in [1.54, 1.807) is 0 Å². The molecule has 3 rings (SSSR count). The first-order valence-corrected chi connectivity index (χ1v) is 6.68. The van der Waals surface area contributed by atoms with Gasteiger partial charge in [0.1, 0.15) is 6.04 Å². The molecule has 3 nitrogen and oxygen atoms in total. The first-order valence-electron chi connectivity index (χ1n) is 6.68. The van der Waals surface area contributed by atoms with Gasteiger partial charge in [0.15, 0.2) is 0 Å². The smallest absolute Gasteiger partial charge is 0.320 e. The Hall–Kier alpha value is -1.87. The Morgan fingerprint density at radius 1 is 1.21 bits per heavy atom. The fraction of sp³-hybridized carbons (Fsp3) is 0.312. The molecule has 0 aromatic heterocycles. The van der Waals surface area contributed by atoms with E-state index in [9.17, 15) is 9.90 Å². The molecular weight excluding hydrogens is 238 g/mol. The number of rotatable bonds is 3. The molecule has 0 bridgehead atoms. The third-order valence-electron chi connectivity index (χ3n) is 3.85. The number of nitrogens with zero attached hydrogens (tertiary/aromatic N) is 1. The molecule has 1 aliphatic heterocycles. The normalized spacial score (nSPS) is 19.9. The first-order chi connectivity index (χ1) is 9.24. The minimum absolute atomic E-state index is 0.313. The molecule has 2 aromatic rings. The fourth-order valence-electron chi connectivity index (χ4n) is 2.87. The lowest BCUT2D eigenvalue weighted by Crippen LogP contribution is -2.35. The van der Waals surface area contributed by atoms with Gasteiger partial charge in [0.2, 0.25) is 0 Å². The Morgan fingerprint density at radius 3 is 2.79 bits per heavy atom. The van der Waals surface area contributed by atoms with Crippen LogP contribution in [-0.2, 0) is 11.3 Å². The van der Waals surface area contributed by atoms with Gasteiger partial charge in [-0.1, -0.05) is 36.4 Å². The van der Waals surface area contributed by atoms with Crippen LogP contribution in [0.15, 0.2) is 42.5 Å². The molecule has 0 unspecified atom stereocenters. The quantitative estimate of drug-likeness (QED) is 0.916. The van der Waals surface area contributed by atoms with Gasteiger partial charge in [-0.05, 0) is 41.8 Å². The highest BCUT2D eigenvalue weighted by molar-refractivity contribution is 5.83. The summed E-state index contributed by atoms with van der Waals surface area (Å²) in [5.74, 6) is -0.696. The van der Waals surface area contributed by atoms with E-state index in [1.165, 1.54) is 16.3 Å². The van der Waals surface area contributed by atoms with Crippen LogP contribution in [0.5, 0.6) is 0 Å². The van der Waals surface area contributed by atoms with Crippen molar-refractivity contribution in [1.29, 1.82) is 0 Å². The standard InChI is InChI=1S/C16H17NO2/c18-16(19)15-6-3-9-17(15)11-12-7-8-13-4-1-2-5-14(13)10-12/h1-2,4-5,7-8,10,15H,3,6,9,11H2,(H,18,19)/t15-/m1/s1. The highest BCUT2D eigenvalue weighted by Crippen LogP contribution is 2.22. The molecule has 98 valence electrons. The third-order valence-corrected chi connectivity index (χ3v) is 3.85. The van der Waals surface area contributed by atoms with Crippen molar-refractivity contribution in [2.24, 2.45) is 0 Å². The van der Waals surface area contributed by atoms with Crippen molar-refractivity contribution in [3.8, 4) is 0 Å². The highest BCUT2D eigenvalue weighted by Gasteiger charge is 2.30. The van der Waals surface area contributed by atoms with E-state index >= 15 is 0 Å². The molecule has 0 aliphatic carbocycles. The molecule has 3 heteroatoms. The highest BCUT2D eigenvalue weighted by atomic mass is 16.4. The van der Waals surface area contributed by atoms with Gasteiger partial charge in [0.25, 0.3) is 0 Å². The summed E-state index contributed by atoms with van der Waals surface area (Å²) in [5.41, 5.74) is 1.19. The molecule has 0 amide bonds. The second-order valence-electron chi connectivity index (χ2n) is 5.15. The number of benzene rings is 2. The predicted octanol–water partition coefficient (Wildman–Crippen LogP) is 2.89. The molecule has 1 aliphatic rings. The van der Waals surface area contributed by atoms with Gasteiger partial charge in [0.05, 0.1) is 0 Å². The number of likely N-dealkylation sites (tertiary alicyclic amines) is 1. The number of carboxylic acids is 1. The molecule has 1 N–H and O–H groups in total. The number of fused-ring (bicyclic) bond motifs is 1. The molecular formula is C16H17NO2. The first kappa shape index (κ1) is 12.2. The fourth-order valence-corrected chi connectivity index (χ4v) is 2.87. The van der Waals surface area contributed by atoms with Crippen molar-refractivity contribution < 1.29 is 9.90 Å². The molecule has 2 aromatic carbocycles. The molecule has 1 atom stereocenters. The van der Waals surface area contributed by atoms with Gasteiger partial charge < -0.3 is 5.11 Å². The van der Waals surface area contributed by atoms with Crippen molar-refractivity contribution in [1.82, 2.24) is 4.90 Å². The van der Waals surface area contributed by atoms with Crippen LogP contribution in [0.2, 0.25) is 0 Å². The number of carboxylic acid groups (broad SMARTS) is 1. The van der Waals surface area contributed by atoms with Crippen LogP contribution in [-0.4, -0.2) is 28.6 Å². The summed E-state index contributed by atoms with van der Waals surface area (Å²) in [5, 5.41) is 11.6. The van der Waals surface area contributed by atoms with Gasteiger partial charge in [-0.15, -0.1) is 0 Å². The largest absolute Gasteiger partial charge is 0.480 e. The van der Waals surface area contributed by atoms with E-state index in [4.69, 9.17) is 0 Å². The zero-order valence-electron chi connectivity index (χ0n) is 10.7. The van der Waals surface area contributed by atoms with Crippen LogP contribution >= 0.6 is 0 Å². The third kappa shape index (κ3) is 2.47. The molecule has 19 heavy (non-hydrogen) atoms. The summed E-state index contributed by atoms with van der Waals surface area (Å²) < 4.78 is 0. The summed E-state index contributed by atoms with van der Waals surface area (Å²) in [7, 11) is 0. The summed E-state index contributed by atoms with van der Waals surface area (Å²) in [6.07, 6.45) is 1.74. The Bertz CT molecular complexity index is 608. The van der Waals surface area contributed by atoms with E-state index in [-0.39, 0.29) is 6.04 Å². The van der Waals surface area contributed by atoms with Gasteiger partial charge in [0, 0.05) is 6.54 Å². The Kier molecular flexibility index (Phi) is 3.22. The van der Waals surface area contributed by atoms with Gasteiger partial charge in [-0.2, -0.15) is 0 Å². The number of hydrogen-bond donors (Lipinski definition) is 1. The molecule has 0 saturated carbocycles. The maximum atomic E-state index is 11.2. The Labute approximate surface area is 112 Å². The molecule has 1 heterocycles. The van der Waals surface area contributed by atoms with Gasteiger partial charge in [-0.25, -0.2) is 0 Å². The maximum absolute atomic E-state index is 11.2. The SMILES string of the molecule is O=C(O)[C@H]1CCCN1Cc1ccc2ccccc2c1. The zero-order chi connectivity index (χ0) is 13.2. The summed E-state index contributed by atoms with van der Waals surface area (Å²) in [4.78, 5) is 13.2. The van der Waals surface area contributed by atoms with Gasteiger partial charge in [-0.3, -0.25) is 9.69 Å². The van der Waals surface area contributed by atoms with Crippen LogP contribution < -0.4 is 0 Å². The Morgan fingerprint density at radius 2 is 2.00 bits per heavy atom. The predicted molar refractivity (Wildman–Crippen MR) is 75.0 cm³/mol. The van der Waals surface area contributed by atoms with E-state index < -0.39 is 5.97 Å². The van der Waals surface area contributed by atoms with E-state index in [0.29, 0.717) is 0 Å². The number of hydrogen-bond acceptors (Lipinski definition) is 2. The molecule has 0 spiro atoms. The van der Waals surface area contributed by atoms with Crippen LogP contribution in [0, 0.1) is 0 Å². The molecule has 0 radical (unpaired) electrons. The minimum atomic E-state index is -0.696. The lowest BCUT2D eigenvalue weighted by Gasteiger charge is -2.21. The van der Waals surface area contributed by atoms with Gasteiger partial charge >= 0.3 is 5.97 Å². The number of aliphatic carboxylic acids is 1. The average Bonchev–Trinajstić information content (AvgIpc) is 2.87. The maximum Gasteiger partial charge on any atom is 0.320 e. The summed E-state index contributed by atoms with van der Waals surface area (Å²) in [6, 6.07) is 14.3. The van der Waals surface area contributed by atoms with Crippen molar-refractivity contribution >= 4 is 16.7 Å². The van der Waals surface area contributed by atoms with Crippen LogP contribution in [0.4, 0.5) is 0 Å². The molecule has 1 fully saturated rings. The lowest BCUT2D eigenvalue weighted by atomic mass is 10.1. The summed E-state index contributed by atoms with van der Waals surface area (Å²) in [6.45, 7) is 1.60. The second-order valence-corrected chi connectivity index (χ2v) is 5.15. The van der Waals surface area contributed by atoms with E-state index in [0.717, 1.165) is 25.9 Å². The monoisotopic (exact) mass is 255 g/mol. The number of carbonyl (C=O) groups is 1. The van der Waals surface area contributed by atoms with E-state index in [1.807, 2.05) is 12.1 Å². The van der Waals surface area contributed by atoms with Crippen LogP contribution in [0.3, 0.4) is 0 Å². The average molecular weight is 255 g/mol. The van der Waals surface area contributed by atoms with Crippen molar-refractivity contribution in [2.75, 3.05) is 6.54 Å². The van der Waals surface area contributed by atoms with Crippen molar-refractivity contribution in [2.45, 2.75) is 25.4 Å².